The van der Waals surface area contributed by atoms with Gasteiger partial charge in [0.25, 0.3) is 0 Å². The van der Waals surface area contributed by atoms with E-state index in [1.54, 1.807) is 24.3 Å². The number of benzene rings is 1. The van der Waals surface area contributed by atoms with Crippen LogP contribution in [0, 0.1) is 34.1 Å². The van der Waals surface area contributed by atoms with E-state index >= 15 is 0 Å². The van der Waals surface area contributed by atoms with Crippen molar-refractivity contribution in [1.82, 2.24) is 10.3 Å². The fourth-order valence-electron chi connectivity index (χ4n) is 2.33. The highest BCUT2D eigenvalue weighted by atomic mass is 16.6. The highest BCUT2D eigenvalue weighted by molar-refractivity contribution is 5.75. The first-order valence-corrected chi connectivity index (χ1v) is 6.72. The van der Waals surface area contributed by atoms with Crippen molar-refractivity contribution < 1.29 is 18.9 Å². The van der Waals surface area contributed by atoms with Gasteiger partial charge in [-0.15, -0.1) is 0 Å². The minimum Gasteiger partial charge on any atom is -0.354 e. The zero-order chi connectivity index (χ0) is 17.4. The molecule has 2 aromatic heterocycles. The van der Waals surface area contributed by atoms with Crippen LogP contribution in [0.3, 0.4) is 0 Å². The first-order valence-electron chi connectivity index (χ1n) is 6.72. The number of aromatic nitrogens is 2. The first kappa shape index (κ1) is 15.3. The number of nitro groups is 2. The van der Waals surface area contributed by atoms with Crippen molar-refractivity contribution in [1.29, 1.82) is 0 Å². The lowest BCUT2D eigenvalue weighted by Crippen LogP contribution is -1.92. The summed E-state index contributed by atoms with van der Waals surface area (Å²) in [7, 11) is 0. The molecule has 24 heavy (non-hydrogen) atoms. The first-order chi connectivity index (χ1) is 11.4. The maximum absolute atomic E-state index is 11.1. The van der Waals surface area contributed by atoms with Crippen molar-refractivity contribution in [2.45, 2.75) is 13.8 Å². The number of nitrogens with zero attached hydrogens (tertiary/aromatic N) is 4. The van der Waals surface area contributed by atoms with Crippen LogP contribution in [-0.4, -0.2) is 20.2 Å². The molecule has 10 heteroatoms. The number of rotatable bonds is 4. The number of hydrogen-bond acceptors (Lipinski definition) is 8. The van der Waals surface area contributed by atoms with Gasteiger partial charge in [-0.05, 0) is 0 Å². The van der Waals surface area contributed by atoms with Gasteiger partial charge in [0.15, 0.2) is 11.4 Å². The Balaban J connectivity index is 2.04. The van der Waals surface area contributed by atoms with Crippen LogP contribution in [0.4, 0.5) is 11.4 Å². The van der Waals surface area contributed by atoms with Crippen molar-refractivity contribution in [3.8, 4) is 22.5 Å². The van der Waals surface area contributed by atoms with Gasteiger partial charge in [0.05, 0.1) is 9.85 Å². The summed E-state index contributed by atoms with van der Waals surface area (Å²) < 4.78 is 9.74. The van der Waals surface area contributed by atoms with Crippen LogP contribution in [0.25, 0.3) is 22.5 Å². The van der Waals surface area contributed by atoms with Crippen LogP contribution in [0.2, 0.25) is 0 Å². The maximum atomic E-state index is 11.1. The van der Waals surface area contributed by atoms with E-state index in [0.717, 1.165) is 0 Å². The van der Waals surface area contributed by atoms with Crippen molar-refractivity contribution in [2.24, 2.45) is 0 Å². The molecule has 0 radical (unpaired) electrons. The van der Waals surface area contributed by atoms with E-state index < -0.39 is 9.85 Å². The summed E-state index contributed by atoms with van der Waals surface area (Å²) in [6.45, 7) is 2.90. The standard InChI is InChI=1S/C14H10N4O6/c1-7-13(17(19)20)11(15-23-7)9-3-5-10(6-4-9)12-14(18(21)22)8(2)24-16-12/h3-6H,1-2H3. The topological polar surface area (TPSA) is 138 Å². The summed E-state index contributed by atoms with van der Waals surface area (Å²) in [5.74, 6) is 0.198. The molecule has 2 heterocycles. The second-order valence-electron chi connectivity index (χ2n) is 4.96. The number of hydrogen-bond donors (Lipinski definition) is 0. The predicted molar refractivity (Wildman–Crippen MR) is 80.2 cm³/mol. The van der Waals surface area contributed by atoms with E-state index in [4.69, 9.17) is 9.05 Å². The van der Waals surface area contributed by atoms with Crippen molar-refractivity contribution in [3.63, 3.8) is 0 Å². The Bertz CT molecular complexity index is 864. The normalized spacial score (nSPS) is 10.8. The van der Waals surface area contributed by atoms with E-state index in [-0.39, 0.29) is 34.3 Å². The summed E-state index contributed by atoms with van der Waals surface area (Å²) in [4.78, 5) is 21.1. The van der Waals surface area contributed by atoms with Gasteiger partial charge in [-0.3, -0.25) is 20.2 Å². The molecular formula is C14H10N4O6. The van der Waals surface area contributed by atoms with E-state index in [1.165, 1.54) is 13.8 Å². The van der Waals surface area contributed by atoms with E-state index in [2.05, 4.69) is 10.3 Å². The predicted octanol–water partition coefficient (Wildman–Crippen LogP) is 3.43. The van der Waals surface area contributed by atoms with Gasteiger partial charge in [0, 0.05) is 25.0 Å². The average molecular weight is 330 g/mol. The fraction of sp³-hybridized carbons (Fsp3) is 0.143. The molecule has 0 unspecified atom stereocenters. The van der Waals surface area contributed by atoms with Crippen LogP contribution in [0.1, 0.15) is 11.5 Å². The van der Waals surface area contributed by atoms with Crippen LogP contribution in [0.5, 0.6) is 0 Å². The third-order valence-electron chi connectivity index (χ3n) is 3.46. The van der Waals surface area contributed by atoms with E-state index in [1.807, 2.05) is 0 Å². The fourth-order valence-corrected chi connectivity index (χ4v) is 2.33. The van der Waals surface area contributed by atoms with Gasteiger partial charge in [-0.25, -0.2) is 0 Å². The Morgan fingerprint density at radius 1 is 0.792 bits per heavy atom. The molecule has 0 saturated heterocycles. The summed E-state index contributed by atoms with van der Waals surface area (Å²) in [6, 6.07) is 6.20. The van der Waals surface area contributed by atoms with Gasteiger partial charge in [0.1, 0.15) is 0 Å². The van der Waals surface area contributed by atoms with Crippen LogP contribution in [-0.2, 0) is 0 Å². The SMILES string of the molecule is Cc1onc(-c2ccc(-c3noc(C)c3[N+](=O)[O-])cc2)c1[N+](=O)[O-]. The maximum Gasteiger partial charge on any atom is 0.339 e. The largest absolute Gasteiger partial charge is 0.354 e. The van der Waals surface area contributed by atoms with Gasteiger partial charge in [0.2, 0.25) is 11.5 Å². The quantitative estimate of drug-likeness (QED) is 0.523. The van der Waals surface area contributed by atoms with Gasteiger partial charge in [-0.1, -0.05) is 34.6 Å². The Hall–Kier alpha value is -3.56. The molecule has 0 saturated carbocycles. The Labute approximate surface area is 134 Å². The summed E-state index contributed by atoms with van der Waals surface area (Å²) in [5, 5.41) is 29.6. The monoisotopic (exact) mass is 330 g/mol. The van der Waals surface area contributed by atoms with Crippen molar-refractivity contribution >= 4 is 11.4 Å². The second kappa shape index (κ2) is 5.57. The molecule has 0 aliphatic heterocycles. The molecule has 1 aromatic carbocycles. The zero-order valence-corrected chi connectivity index (χ0v) is 12.5. The molecule has 0 amide bonds. The number of aryl methyl sites for hydroxylation is 2. The molecule has 0 bridgehead atoms. The smallest absolute Gasteiger partial charge is 0.339 e. The third-order valence-corrected chi connectivity index (χ3v) is 3.46. The second-order valence-corrected chi connectivity index (χ2v) is 4.96. The molecule has 3 aromatic rings. The summed E-state index contributed by atoms with van der Waals surface area (Å²) in [6.07, 6.45) is 0. The molecule has 3 rings (SSSR count). The van der Waals surface area contributed by atoms with E-state index in [9.17, 15) is 20.2 Å². The van der Waals surface area contributed by atoms with Crippen LogP contribution >= 0.6 is 0 Å². The summed E-state index contributed by atoms with van der Waals surface area (Å²) >= 11 is 0. The summed E-state index contributed by atoms with van der Waals surface area (Å²) in [5.41, 5.74) is 0.650. The van der Waals surface area contributed by atoms with Gasteiger partial charge in [-0.2, -0.15) is 0 Å². The molecule has 10 nitrogen and oxygen atoms in total. The Morgan fingerprint density at radius 2 is 1.12 bits per heavy atom. The molecule has 0 N–H and O–H groups in total. The Morgan fingerprint density at radius 3 is 1.42 bits per heavy atom. The van der Waals surface area contributed by atoms with Crippen LogP contribution < -0.4 is 0 Å². The Kier molecular flexibility index (Phi) is 3.56. The molecule has 122 valence electrons. The minimum atomic E-state index is -0.569. The van der Waals surface area contributed by atoms with Crippen molar-refractivity contribution in [2.75, 3.05) is 0 Å². The lowest BCUT2D eigenvalue weighted by atomic mass is 10.0. The highest BCUT2D eigenvalue weighted by Gasteiger charge is 2.27. The highest BCUT2D eigenvalue weighted by Crippen LogP contribution is 2.35. The molecule has 0 fully saturated rings. The van der Waals surface area contributed by atoms with Crippen LogP contribution in [0.15, 0.2) is 33.3 Å². The lowest BCUT2D eigenvalue weighted by molar-refractivity contribution is -0.385. The third kappa shape index (κ3) is 2.39. The molecule has 0 atom stereocenters. The molecule has 0 aliphatic carbocycles. The molecule has 0 aliphatic rings. The van der Waals surface area contributed by atoms with Gasteiger partial charge < -0.3 is 9.05 Å². The van der Waals surface area contributed by atoms with E-state index in [0.29, 0.717) is 11.1 Å². The van der Waals surface area contributed by atoms with Crippen molar-refractivity contribution in [3.05, 3.63) is 56.0 Å². The lowest BCUT2D eigenvalue weighted by Gasteiger charge is -1.99. The molecule has 0 spiro atoms. The zero-order valence-electron chi connectivity index (χ0n) is 12.5. The van der Waals surface area contributed by atoms with Gasteiger partial charge >= 0.3 is 11.4 Å². The average Bonchev–Trinajstić information content (AvgIpc) is 3.10. The minimum absolute atomic E-state index is 0.0925. The molecular weight excluding hydrogens is 320 g/mol.